The van der Waals surface area contributed by atoms with Crippen LogP contribution < -0.4 is 15.5 Å². The van der Waals surface area contributed by atoms with Crippen LogP contribution in [0.5, 0.6) is 0 Å². The van der Waals surface area contributed by atoms with Crippen molar-refractivity contribution in [2.45, 2.75) is 0 Å². The van der Waals surface area contributed by atoms with Crippen LogP contribution in [0.2, 0.25) is 5.02 Å². The van der Waals surface area contributed by atoms with Gasteiger partial charge in [-0.25, -0.2) is 0 Å². The third-order valence-corrected chi connectivity index (χ3v) is 3.70. The van der Waals surface area contributed by atoms with E-state index in [-0.39, 0.29) is 24.9 Å². The number of nitriles is 1. The molecular weight excluding hydrogens is 340 g/mol. The van der Waals surface area contributed by atoms with E-state index in [4.69, 9.17) is 16.9 Å². The van der Waals surface area contributed by atoms with Gasteiger partial charge in [0, 0.05) is 5.69 Å². The monoisotopic (exact) mass is 357 g/mol. The first-order valence-electron chi connectivity index (χ1n) is 7.63. The van der Waals surface area contributed by atoms with Crippen LogP contribution in [0.1, 0.15) is 5.56 Å². The molecule has 0 saturated carbocycles. The summed E-state index contributed by atoms with van der Waals surface area (Å²) in [5.74, 6) is -0.440. The molecule has 2 aromatic rings. The van der Waals surface area contributed by atoms with Crippen LogP contribution >= 0.6 is 11.6 Å². The number of likely N-dealkylation sites (N-methyl/N-ethyl adjacent to an activating group) is 1. The molecule has 0 spiro atoms. The van der Waals surface area contributed by atoms with E-state index in [1.54, 1.807) is 55.6 Å². The molecule has 3 N–H and O–H groups in total. The Morgan fingerprint density at radius 2 is 1.64 bits per heavy atom. The minimum Gasteiger partial charge on any atom is -0.322 e. The number of halogens is 1. The zero-order chi connectivity index (χ0) is 18.2. The number of anilines is 2. The van der Waals surface area contributed by atoms with E-state index >= 15 is 0 Å². The zero-order valence-electron chi connectivity index (χ0n) is 13.7. The maximum atomic E-state index is 12.0. The highest BCUT2D eigenvalue weighted by Crippen LogP contribution is 2.19. The fourth-order valence-corrected chi connectivity index (χ4v) is 2.38. The standard InChI is InChI=1S/C18H17ClN4O2/c1-23(12-18(25)22-16-5-3-2-4-15(16)19)11-17(24)21-14-8-6-13(10-20)7-9-14/h2-9H,11-12H2,1H3,(H,21,24)(H,22,25)/p+1. The minimum absolute atomic E-state index is 0.131. The highest BCUT2D eigenvalue weighted by Gasteiger charge is 2.15. The maximum absolute atomic E-state index is 12.0. The number of amides is 2. The number of carbonyl (C=O) groups is 2. The molecule has 128 valence electrons. The van der Waals surface area contributed by atoms with Gasteiger partial charge in [0.25, 0.3) is 11.8 Å². The van der Waals surface area contributed by atoms with Crippen molar-refractivity contribution in [1.82, 2.24) is 0 Å². The predicted octanol–water partition coefficient (Wildman–Crippen LogP) is 1.30. The molecule has 2 amide bonds. The van der Waals surface area contributed by atoms with E-state index in [1.807, 2.05) is 6.07 Å². The van der Waals surface area contributed by atoms with Crippen molar-refractivity contribution < 1.29 is 14.5 Å². The van der Waals surface area contributed by atoms with Gasteiger partial charge in [-0.2, -0.15) is 5.26 Å². The molecule has 0 fully saturated rings. The third-order valence-electron chi connectivity index (χ3n) is 3.37. The van der Waals surface area contributed by atoms with E-state index in [0.717, 1.165) is 4.90 Å². The molecule has 0 saturated heterocycles. The summed E-state index contributed by atoms with van der Waals surface area (Å²) in [7, 11) is 1.75. The molecule has 2 rings (SSSR count). The lowest BCUT2D eigenvalue weighted by atomic mass is 10.2. The van der Waals surface area contributed by atoms with Gasteiger partial charge in [-0.05, 0) is 36.4 Å². The van der Waals surface area contributed by atoms with E-state index in [1.165, 1.54) is 0 Å². The van der Waals surface area contributed by atoms with Crippen molar-refractivity contribution in [3.8, 4) is 6.07 Å². The molecule has 0 aliphatic heterocycles. The summed E-state index contributed by atoms with van der Waals surface area (Å²) in [5.41, 5.74) is 1.68. The Hall–Kier alpha value is -2.88. The van der Waals surface area contributed by atoms with Gasteiger partial charge in [-0.1, -0.05) is 23.7 Å². The number of benzene rings is 2. The number of rotatable bonds is 6. The summed E-state index contributed by atoms with van der Waals surface area (Å²) in [6.07, 6.45) is 0. The zero-order valence-corrected chi connectivity index (χ0v) is 14.4. The second-order valence-electron chi connectivity index (χ2n) is 5.58. The lowest BCUT2D eigenvalue weighted by Gasteiger charge is -2.14. The molecule has 2 aromatic carbocycles. The first-order chi connectivity index (χ1) is 12.0. The number of carbonyl (C=O) groups excluding carboxylic acids is 2. The van der Waals surface area contributed by atoms with Crippen LogP contribution in [-0.4, -0.2) is 32.0 Å². The van der Waals surface area contributed by atoms with Crippen molar-refractivity contribution in [2.24, 2.45) is 0 Å². The van der Waals surface area contributed by atoms with Gasteiger partial charge in [-0.15, -0.1) is 0 Å². The summed E-state index contributed by atoms with van der Waals surface area (Å²) in [6.45, 7) is 0.266. The highest BCUT2D eigenvalue weighted by molar-refractivity contribution is 6.33. The number of nitrogens with one attached hydrogen (secondary N) is 3. The first kappa shape index (κ1) is 18.5. The van der Waals surface area contributed by atoms with Crippen LogP contribution in [0.3, 0.4) is 0 Å². The van der Waals surface area contributed by atoms with Gasteiger partial charge in [0.1, 0.15) is 0 Å². The number of hydrogen-bond donors (Lipinski definition) is 3. The van der Waals surface area contributed by atoms with Crippen LogP contribution in [-0.2, 0) is 9.59 Å². The number of nitrogens with zero attached hydrogens (tertiary/aromatic N) is 1. The second-order valence-corrected chi connectivity index (χ2v) is 5.98. The van der Waals surface area contributed by atoms with E-state index in [9.17, 15) is 9.59 Å². The first-order valence-corrected chi connectivity index (χ1v) is 8.01. The Morgan fingerprint density at radius 3 is 2.24 bits per heavy atom. The molecule has 1 atom stereocenters. The van der Waals surface area contributed by atoms with Gasteiger partial charge in [-0.3, -0.25) is 9.59 Å². The lowest BCUT2D eigenvalue weighted by Crippen LogP contribution is -3.11. The molecule has 0 heterocycles. The summed E-state index contributed by atoms with van der Waals surface area (Å²) in [6, 6.07) is 15.6. The van der Waals surface area contributed by atoms with Gasteiger partial charge >= 0.3 is 0 Å². The maximum Gasteiger partial charge on any atom is 0.279 e. The Balaban J connectivity index is 1.81. The number of hydrogen-bond acceptors (Lipinski definition) is 3. The molecule has 6 nitrogen and oxygen atoms in total. The number of quaternary nitrogens is 1. The molecule has 0 aliphatic rings. The SMILES string of the molecule is C[NH+](CC(=O)Nc1ccc(C#N)cc1)CC(=O)Nc1ccccc1Cl. The largest absolute Gasteiger partial charge is 0.322 e. The fraction of sp³-hybridized carbons (Fsp3) is 0.167. The van der Waals surface area contributed by atoms with Crippen LogP contribution in [0, 0.1) is 11.3 Å². The van der Waals surface area contributed by atoms with E-state index in [0.29, 0.717) is 22.0 Å². The van der Waals surface area contributed by atoms with Crippen molar-refractivity contribution in [3.05, 3.63) is 59.1 Å². The van der Waals surface area contributed by atoms with Gasteiger partial charge in [0.15, 0.2) is 13.1 Å². The Morgan fingerprint density at radius 1 is 1.04 bits per heavy atom. The highest BCUT2D eigenvalue weighted by atomic mass is 35.5. The summed E-state index contributed by atoms with van der Waals surface area (Å²) in [4.78, 5) is 24.8. The van der Waals surface area contributed by atoms with Crippen LogP contribution in [0.4, 0.5) is 11.4 Å². The number of para-hydroxylation sites is 1. The summed E-state index contributed by atoms with van der Waals surface area (Å²) in [5, 5.41) is 14.7. The molecule has 0 aromatic heterocycles. The van der Waals surface area contributed by atoms with E-state index in [2.05, 4.69) is 10.6 Å². The van der Waals surface area contributed by atoms with Crippen molar-refractivity contribution in [1.29, 1.82) is 5.26 Å². The fourth-order valence-electron chi connectivity index (χ4n) is 2.20. The summed E-state index contributed by atoms with van der Waals surface area (Å²) >= 11 is 6.00. The predicted molar refractivity (Wildman–Crippen MR) is 96.5 cm³/mol. The van der Waals surface area contributed by atoms with E-state index < -0.39 is 0 Å². The Labute approximate surface area is 151 Å². The average Bonchev–Trinajstić information content (AvgIpc) is 2.57. The molecule has 0 bridgehead atoms. The second kappa shape index (κ2) is 8.83. The van der Waals surface area contributed by atoms with Crippen LogP contribution in [0.15, 0.2) is 48.5 Å². The lowest BCUT2D eigenvalue weighted by molar-refractivity contribution is -0.862. The van der Waals surface area contributed by atoms with Gasteiger partial charge < -0.3 is 15.5 Å². The quantitative estimate of drug-likeness (QED) is 0.728. The van der Waals surface area contributed by atoms with Crippen molar-refractivity contribution in [3.63, 3.8) is 0 Å². The molecule has 7 heteroatoms. The normalized spacial score (nSPS) is 11.2. The molecule has 25 heavy (non-hydrogen) atoms. The van der Waals surface area contributed by atoms with Crippen molar-refractivity contribution in [2.75, 3.05) is 30.8 Å². The minimum atomic E-state index is -0.225. The third kappa shape index (κ3) is 5.92. The van der Waals surface area contributed by atoms with Crippen LogP contribution in [0.25, 0.3) is 0 Å². The molecular formula is C18H18ClN4O2+. The van der Waals surface area contributed by atoms with Gasteiger partial charge in [0.2, 0.25) is 0 Å². The Bertz CT molecular complexity index is 799. The molecule has 1 unspecified atom stereocenters. The summed E-state index contributed by atoms with van der Waals surface area (Å²) < 4.78 is 0. The smallest absolute Gasteiger partial charge is 0.279 e. The molecule has 0 radical (unpaired) electrons. The topological polar surface area (TPSA) is 86.4 Å². The average molecular weight is 358 g/mol. The van der Waals surface area contributed by atoms with Crippen molar-refractivity contribution >= 4 is 34.8 Å². The molecule has 0 aliphatic carbocycles. The Kier molecular flexibility index (Phi) is 6.52. The van der Waals surface area contributed by atoms with Gasteiger partial charge in [0.05, 0.1) is 29.4 Å².